The van der Waals surface area contributed by atoms with Gasteiger partial charge in [-0.05, 0) is 51.3 Å². The maximum absolute atomic E-state index is 12.7. The highest BCUT2D eigenvalue weighted by Gasteiger charge is 2.51. The van der Waals surface area contributed by atoms with Crippen molar-refractivity contribution in [3.05, 3.63) is 27.4 Å². The predicted octanol–water partition coefficient (Wildman–Crippen LogP) is 3.19. The molecule has 114 valence electrons. The lowest BCUT2D eigenvalue weighted by molar-refractivity contribution is -0.686. The molecule has 0 unspecified atom stereocenters. The first-order valence-electron chi connectivity index (χ1n) is 6.95. The van der Waals surface area contributed by atoms with Crippen LogP contribution in [0.4, 0.5) is 0 Å². The number of ether oxygens (including phenoxy) is 1. The summed E-state index contributed by atoms with van der Waals surface area (Å²) in [5.74, 6) is -0.370. The van der Waals surface area contributed by atoms with E-state index >= 15 is 0 Å². The second-order valence-electron chi connectivity index (χ2n) is 5.54. The van der Waals surface area contributed by atoms with Crippen molar-refractivity contribution in [2.24, 2.45) is 5.92 Å². The molecule has 2 heterocycles. The van der Waals surface area contributed by atoms with Crippen LogP contribution in [0.15, 0.2) is 27.4 Å². The molecule has 1 aromatic heterocycles. The number of Topliss-reactive ketones (excluding diaryl/α,β-unsaturated/α-hetero) is 1. The Hall–Kier alpha value is -0.750. The van der Waals surface area contributed by atoms with Crippen LogP contribution in [0.2, 0.25) is 0 Å². The Labute approximate surface area is 141 Å². The van der Waals surface area contributed by atoms with Crippen molar-refractivity contribution in [1.82, 2.24) is 0 Å². The van der Waals surface area contributed by atoms with Gasteiger partial charge in [0.25, 0.3) is 0 Å². The minimum atomic E-state index is -1.01. The predicted molar refractivity (Wildman–Crippen MR) is 84.6 cm³/mol. The van der Waals surface area contributed by atoms with Gasteiger partial charge in [0.05, 0.1) is 15.4 Å². The second kappa shape index (κ2) is 6.57. The van der Waals surface area contributed by atoms with Crippen LogP contribution >= 0.6 is 31.9 Å². The second-order valence-corrected chi connectivity index (χ2v) is 7.37. The molecule has 21 heavy (non-hydrogen) atoms. The number of aromatic nitrogens is 1. The van der Waals surface area contributed by atoms with E-state index in [1.807, 2.05) is 25.4 Å². The highest BCUT2D eigenvalue weighted by atomic mass is 79.9. The van der Waals surface area contributed by atoms with Gasteiger partial charge in [-0.2, -0.15) is 4.57 Å². The fraction of sp³-hybridized carbons (Fsp3) is 0.533. The Morgan fingerprint density at radius 2 is 2.05 bits per heavy atom. The average Bonchev–Trinajstić information content (AvgIpc) is 2.64. The Kier molecular flexibility index (Phi) is 5.20. The number of rotatable bonds is 5. The quantitative estimate of drug-likeness (QED) is 0.543. The van der Waals surface area contributed by atoms with Crippen molar-refractivity contribution in [3.8, 4) is 0 Å². The summed E-state index contributed by atoms with van der Waals surface area (Å²) >= 11 is 6.80. The molecule has 1 aliphatic heterocycles. The summed E-state index contributed by atoms with van der Waals surface area (Å²) in [5.41, 5.74) is -1.01. The van der Waals surface area contributed by atoms with Crippen LogP contribution in [-0.2, 0) is 20.9 Å². The fourth-order valence-corrected chi connectivity index (χ4v) is 4.07. The van der Waals surface area contributed by atoms with Crippen LogP contribution in [0.1, 0.15) is 33.1 Å². The molecular formula is C15H18Br2NO3+. The summed E-state index contributed by atoms with van der Waals surface area (Å²) in [6.07, 6.45) is 5.75. The van der Waals surface area contributed by atoms with E-state index < -0.39 is 5.60 Å². The van der Waals surface area contributed by atoms with Gasteiger partial charge in [0.1, 0.15) is 0 Å². The molecule has 4 nitrogen and oxygen atoms in total. The van der Waals surface area contributed by atoms with E-state index in [1.54, 1.807) is 11.5 Å². The van der Waals surface area contributed by atoms with Gasteiger partial charge in [-0.15, -0.1) is 0 Å². The summed E-state index contributed by atoms with van der Waals surface area (Å²) in [4.78, 5) is 24.3. The van der Waals surface area contributed by atoms with E-state index in [0.717, 1.165) is 21.8 Å². The van der Waals surface area contributed by atoms with Gasteiger partial charge >= 0.3 is 5.97 Å². The molecule has 2 atom stereocenters. The lowest BCUT2D eigenvalue weighted by atomic mass is 9.82. The molecule has 0 aliphatic carbocycles. The van der Waals surface area contributed by atoms with Crippen LogP contribution in [0.3, 0.4) is 0 Å². The summed E-state index contributed by atoms with van der Waals surface area (Å²) in [7, 11) is 0. The number of carbonyl (C=O) groups is 2. The van der Waals surface area contributed by atoms with Crippen molar-refractivity contribution in [1.29, 1.82) is 0 Å². The number of carbonyl (C=O) groups excluding carboxylic acids is 2. The zero-order valence-electron chi connectivity index (χ0n) is 12.1. The van der Waals surface area contributed by atoms with Gasteiger partial charge in [0.15, 0.2) is 18.0 Å². The Bertz CT molecular complexity index is 556. The molecular weight excluding hydrogens is 402 g/mol. The zero-order valence-corrected chi connectivity index (χ0v) is 15.2. The number of cyclic esters (lactones) is 1. The fourth-order valence-electron chi connectivity index (χ4n) is 2.74. The first-order chi connectivity index (χ1) is 9.85. The Morgan fingerprint density at radius 1 is 1.43 bits per heavy atom. The third kappa shape index (κ3) is 3.72. The van der Waals surface area contributed by atoms with Crippen LogP contribution in [0, 0.1) is 5.92 Å². The Balaban J connectivity index is 2.19. The largest absolute Gasteiger partial charge is 0.451 e. The molecule has 0 spiro atoms. The minimum Gasteiger partial charge on any atom is -0.451 e. The third-order valence-corrected chi connectivity index (χ3v) is 4.76. The first-order valence-corrected chi connectivity index (χ1v) is 8.54. The van der Waals surface area contributed by atoms with Crippen molar-refractivity contribution >= 4 is 43.6 Å². The molecule has 0 bridgehead atoms. The number of hydrogen-bond acceptors (Lipinski definition) is 3. The van der Waals surface area contributed by atoms with Gasteiger partial charge < -0.3 is 4.74 Å². The smallest absolute Gasteiger partial charge is 0.307 e. The van der Waals surface area contributed by atoms with Crippen molar-refractivity contribution in [2.75, 3.05) is 0 Å². The van der Waals surface area contributed by atoms with Crippen molar-refractivity contribution in [3.63, 3.8) is 0 Å². The summed E-state index contributed by atoms with van der Waals surface area (Å²) in [5, 5.41) is 0. The minimum absolute atomic E-state index is 0.0290. The highest BCUT2D eigenvalue weighted by molar-refractivity contribution is 9.11. The molecule has 0 amide bonds. The van der Waals surface area contributed by atoms with Gasteiger partial charge in [-0.1, -0.05) is 13.3 Å². The molecule has 2 rings (SSSR count). The number of esters is 1. The molecule has 1 aliphatic rings. The maximum Gasteiger partial charge on any atom is 0.307 e. The summed E-state index contributed by atoms with van der Waals surface area (Å²) in [6.45, 7) is 3.98. The lowest BCUT2D eigenvalue weighted by Crippen LogP contribution is -2.49. The zero-order chi connectivity index (χ0) is 15.6. The topological polar surface area (TPSA) is 47.3 Å². The van der Waals surface area contributed by atoms with E-state index in [-0.39, 0.29) is 24.2 Å². The van der Waals surface area contributed by atoms with E-state index in [0.29, 0.717) is 6.42 Å². The van der Waals surface area contributed by atoms with Crippen molar-refractivity contribution in [2.45, 2.75) is 45.3 Å². The van der Waals surface area contributed by atoms with Gasteiger partial charge in [-0.3, -0.25) is 9.59 Å². The number of pyridine rings is 1. The number of ketones is 1. The molecule has 0 aromatic carbocycles. The van der Waals surface area contributed by atoms with E-state index in [4.69, 9.17) is 4.74 Å². The normalized spacial score (nSPS) is 25.0. The monoisotopic (exact) mass is 418 g/mol. The first kappa shape index (κ1) is 16.6. The lowest BCUT2D eigenvalue weighted by Gasteiger charge is -2.26. The van der Waals surface area contributed by atoms with Crippen molar-refractivity contribution < 1.29 is 18.9 Å². The molecule has 1 aromatic rings. The summed E-state index contributed by atoms with van der Waals surface area (Å²) < 4.78 is 8.93. The molecule has 1 saturated heterocycles. The van der Waals surface area contributed by atoms with Crippen LogP contribution < -0.4 is 4.57 Å². The molecule has 0 N–H and O–H groups in total. The van der Waals surface area contributed by atoms with Gasteiger partial charge in [0.2, 0.25) is 12.3 Å². The average molecular weight is 420 g/mol. The molecule has 0 radical (unpaired) electrons. The number of hydrogen-bond donors (Lipinski definition) is 0. The van der Waals surface area contributed by atoms with Gasteiger partial charge in [0, 0.05) is 5.92 Å². The van der Waals surface area contributed by atoms with E-state index in [9.17, 15) is 9.59 Å². The molecule has 6 heteroatoms. The Morgan fingerprint density at radius 3 is 2.62 bits per heavy atom. The number of halogens is 2. The molecule has 0 saturated carbocycles. The van der Waals surface area contributed by atoms with Crippen LogP contribution in [0.25, 0.3) is 0 Å². The molecule has 1 fully saturated rings. The van der Waals surface area contributed by atoms with Gasteiger partial charge in [-0.25, -0.2) is 0 Å². The standard InChI is InChI=1S/C15H18Br2NO3/c1-3-4-10-5-14(20)21-15(10,2)13(19)9-18-7-11(16)6-12(17)8-18/h6-8,10H,3-5,9H2,1-2H3/q+1/t10-,15+/m0/s1. The SMILES string of the molecule is CCC[C@H]1CC(=O)O[C@@]1(C)C(=O)C[n+]1cc(Br)cc(Br)c1. The number of nitrogens with zero attached hydrogens (tertiary/aromatic N) is 1. The highest BCUT2D eigenvalue weighted by Crippen LogP contribution is 2.36. The third-order valence-electron chi connectivity index (χ3n) is 3.89. The maximum atomic E-state index is 12.7. The summed E-state index contributed by atoms with van der Waals surface area (Å²) in [6, 6.07) is 1.90. The van der Waals surface area contributed by atoms with Crippen LogP contribution in [-0.4, -0.2) is 17.4 Å². The van der Waals surface area contributed by atoms with Crippen LogP contribution in [0.5, 0.6) is 0 Å². The van der Waals surface area contributed by atoms with E-state index in [1.165, 1.54) is 0 Å². The van der Waals surface area contributed by atoms with E-state index in [2.05, 4.69) is 31.9 Å².